The number of ether oxygens (including phenoxy) is 1. The number of likely N-dealkylation sites (N-methyl/N-ethyl adjacent to an activating group) is 1. The van der Waals surface area contributed by atoms with Crippen LogP contribution in [0.25, 0.3) is 10.2 Å². The van der Waals surface area contributed by atoms with E-state index >= 15 is 0 Å². The molecule has 0 radical (unpaired) electrons. The lowest BCUT2D eigenvalue weighted by Crippen LogP contribution is -2.37. The molecule has 7 nitrogen and oxygen atoms in total. The number of fused-ring (bicyclic) bond motifs is 1. The van der Waals surface area contributed by atoms with Crippen molar-refractivity contribution in [2.24, 2.45) is 0 Å². The number of nitrogens with one attached hydrogen (secondary N) is 2. The molecule has 0 spiro atoms. The largest absolute Gasteiger partial charge is 0.462 e. The molecule has 1 unspecified atom stereocenters. The molecule has 1 atom stereocenters. The average Bonchev–Trinajstić information content (AvgIpc) is 2.84. The van der Waals surface area contributed by atoms with Crippen LogP contribution < -0.4 is 10.6 Å². The Morgan fingerprint density at radius 2 is 1.96 bits per heavy atom. The standard InChI is InChI=1S/C16H22N4O3S/c1-6-17-14(21)9(4)18-13-11-8(3)12(16(22)23-7-2)24-15(11)20-10(5)19-13/h9H,6-7H2,1-5H3,(H,17,21)(H,18,19,20). The molecule has 2 aromatic rings. The summed E-state index contributed by atoms with van der Waals surface area (Å²) < 4.78 is 5.10. The van der Waals surface area contributed by atoms with Crippen molar-refractivity contribution in [1.29, 1.82) is 0 Å². The Bertz CT molecular complexity index is 772. The molecule has 24 heavy (non-hydrogen) atoms. The van der Waals surface area contributed by atoms with Crippen LogP contribution in [0.5, 0.6) is 0 Å². The van der Waals surface area contributed by atoms with E-state index in [-0.39, 0.29) is 11.9 Å². The van der Waals surface area contributed by atoms with E-state index in [9.17, 15) is 9.59 Å². The van der Waals surface area contributed by atoms with Crippen molar-refractivity contribution in [3.63, 3.8) is 0 Å². The van der Waals surface area contributed by atoms with Crippen molar-refractivity contribution in [3.05, 3.63) is 16.3 Å². The molecule has 1 amide bonds. The van der Waals surface area contributed by atoms with Crippen LogP contribution in [0.2, 0.25) is 0 Å². The van der Waals surface area contributed by atoms with Gasteiger partial charge in [-0.1, -0.05) is 0 Å². The predicted octanol–water partition coefficient (Wildman–Crippen LogP) is 2.42. The smallest absolute Gasteiger partial charge is 0.348 e. The second kappa shape index (κ2) is 7.57. The Balaban J connectivity index is 2.46. The molecule has 2 heterocycles. The lowest BCUT2D eigenvalue weighted by atomic mass is 10.2. The Kier molecular flexibility index (Phi) is 5.71. The van der Waals surface area contributed by atoms with E-state index in [1.165, 1.54) is 11.3 Å². The van der Waals surface area contributed by atoms with Gasteiger partial charge in [0.1, 0.15) is 27.4 Å². The van der Waals surface area contributed by atoms with Crippen molar-refractivity contribution in [2.75, 3.05) is 18.5 Å². The summed E-state index contributed by atoms with van der Waals surface area (Å²) in [4.78, 5) is 34.1. The molecule has 130 valence electrons. The normalized spacial score (nSPS) is 12.0. The average molecular weight is 350 g/mol. The van der Waals surface area contributed by atoms with Crippen LogP contribution in [0.3, 0.4) is 0 Å². The van der Waals surface area contributed by atoms with Gasteiger partial charge in [-0.3, -0.25) is 4.79 Å². The van der Waals surface area contributed by atoms with Gasteiger partial charge in [0, 0.05) is 6.54 Å². The highest BCUT2D eigenvalue weighted by Crippen LogP contribution is 2.34. The molecular formula is C16H22N4O3S. The third-order valence-electron chi connectivity index (χ3n) is 3.46. The van der Waals surface area contributed by atoms with Crippen molar-refractivity contribution < 1.29 is 14.3 Å². The summed E-state index contributed by atoms with van der Waals surface area (Å²) in [6.45, 7) is 9.90. The molecule has 0 bridgehead atoms. The Morgan fingerprint density at radius 1 is 1.25 bits per heavy atom. The molecule has 8 heteroatoms. The molecule has 0 aliphatic carbocycles. The maximum Gasteiger partial charge on any atom is 0.348 e. The van der Waals surface area contributed by atoms with Crippen LogP contribution in [-0.2, 0) is 9.53 Å². The first-order valence-electron chi connectivity index (χ1n) is 7.88. The van der Waals surface area contributed by atoms with E-state index in [1.807, 2.05) is 13.8 Å². The quantitative estimate of drug-likeness (QED) is 0.777. The van der Waals surface area contributed by atoms with Crippen LogP contribution in [0, 0.1) is 13.8 Å². The minimum absolute atomic E-state index is 0.111. The third kappa shape index (κ3) is 3.64. The number of carbonyl (C=O) groups excluding carboxylic acids is 2. The van der Waals surface area contributed by atoms with Gasteiger partial charge in [0.05, 0.1) is 12.0 Å². The van der Waals surface area contributed by atoms with Gasteiger partial charge < -0.3 is 15.4 Å². The number of esters is 1. The van der Waals surface area contributed by atoms with Gasteiger partial charge in [0.2, 0.25) is 5.91 Å². The Hall–Kier alpha value is -2.22. The van der Waals surface area contributed by atoms with Gasteiger partial charge in [0.25, 0.3) is 0 Å². The van der Waals surface area contributed by atoms with E-state index in [0.29, 0.717) is 34.5 Å². The van der Waals surface area contributed by atoms with Crippen molar-refractivity contribution in [1.82, 2.24) is 15.3 Å². The van der Waals surface area contributed by atoms with Crippen LogP contribution in [0.1, 0.15) is 41.8 Å². The number of amides is 1. The zero-order chi connectivity index (χ0) is 17.9. The van der Waals surface area contributed by atoms with E-state index in [1.54, 1.807) is 20.8 Å². The first kappa shape index (κ1) is 18.1. The molecular weight excluding hydrogens is 328 g/mol. The van der Waals surface area contributed by atoms with Gasteiger partial charge in [0.15, 0.2) is 0 Å². The molecule has 0 aromatic carbocycles. The number of carbonyl (C=O) groups is 2. The molecule has 2 aromatic heterocycles. The molecule has 0 fully saturated rings. The number of aryl methyl sites for hydroxylation is 2. The SMILES string of the molecule is CCNC(=O)C(C)Nc1nc(C)nc2sc(C(=O)OCC)c(C)c12. The fourth-order valence-electron chi connectivity index (χ4n) is 2.34. The lowest BCUT2D eigenvalue weighted by Gasteiger charge is -2.15. The molecule has 2 N–H and O–H groups in total. The summed E-state index contributed by atoms with van der Waals surface area (Å²) in [6, 6.07) is -0.451. The number of anilines is 1. The van der Waals surface area contributed by atoms with Gasteiger partial charge in [-0.05, 0) is 40.2 Å². The molecule has 0 saturated heterocycles. The summed E-state index contributed by atoms with van der Waals surface area (Å²) in [5.74, 6) is 0.657. The second-order valence-electron chi connectivity index (χ2n) is 5.34. The van der Waals surface area contributed by atoms with Gasteiger partial charge >= 0.3 is 5.97 Å². The van der Waals surface area contributed by atoms with Crippen molar-refractivity contribution in [3.8, 4) is 0 Å². The highest BCUT2D eigenvalue weighted by Gasteiger charge is 2.22. The fourth-order valence-corrected chi connectivity index (χ4v) is 3.46. The van der Waals surface area contributed by atoms with E-state index in [4.69, 9.17) is 4.74 Å². The van der Waals surface area contributed by atoms with Crippen molar-refractivity contribution in [2.45, 2.75) is 40.7 Å². The zero-order valence-corrected chi connectivity index (χ0v) is 15.3. The van der Waals surface area contributed by atoms with Crippen LogP contribution in [0.15, 0.2) is 0 Å². The molecule has 2 rings (SSSR count). The zero-order valence-electron chi connectivity index (χ0n) is 14.5. The first-order valence-corrected chi connectivity index (χ1v) is 8.69. The van der Waals surface area contributed by atoms with Crippen LogP contribution in [-0.4, -0.2) is 41.0 Å². The monoisotopic (exact) mass is 350 g/mol. The van der Waals surface area contributed by atoms with Crippen LogP contribution in [0.4, 0.5) is 5.82 Å². The predicted molar refractivity (Wildman–Crippen MR) is 94.6 cm³/mol. The number of aromatic nitrogens is 2. The fraction of sp³-hybridized carbons (Fsp3) is 0.500. The third-order valence-corrected chi connectivity index (χ3v) is 4.63. The summed E-state index contributed by atoms with van der Waals surface area (Å²) in [5, 5.41) is 6.65. The molecule has 0 aliphatic heterocycles. The number of hydrogen-bond donors (Lipinski definition) is 2. The molecule has 0 aliphatic rings. The van der Waals surface area contributed by atoms with Gasteiger partial charge in [-0.2, -0.15) is 0 Å². The van der Waals surface area contributed by atoms with E-state index in [0.717, 1.165) is 10.9 Å². The summed E-state index contributed by atoms with van der Waals surface area (Å²) >= 11 is 1.28. The Morgan fingerprint density at radius 3 is 2.58 bits per heavy atom. The van der Waals surface area contributed by atoms with Crippen LogP contribution >= 0.6 is 11.3 Å². The van der Waals surface area contributed by atoms with E-state index < -0.39 is 6.04 Å². The topological polar surface area (TPSA) is 93.2 Å². The summed E-state index contributed by atoms with van der Waals surface area (Å²) in [5.41, 5.74) is 0.763. The second-order valence-corrected chi connectivity index (χ2v) is 6.34. The number of hydrogen-bond acceptors (Lipinski definition) is 7. The van der Waals surface area contributed by atoms with Gasteiger partial charge in [-0.15, -0.1) is 11.3 Å². The summed E-state index contributed by atoms with van der Waals surface area (Å²) in [6.07, 6.45) is 0. The number of thiophene rings is 1. The highest BCUT2D eigenvalue weighted by atomic mass is 32.1. The van der Waals surface area contributed by atoms with E-state index in [2.05, 4.69) is 20.6 Å². The summed E-state index contributed by atoms with van der Waals surface area (Å²) in [7, 11) is 0. The minimum Gasteiger partial charge on any atom is -0.462 e. The number of nitrogens with zero attached hydrogens (tertiary/aromatic N) is 2. The first-order chi connectivity index (χ1) is 11.4. The Labute approximate surface area is 144 Å². The maximum absolute atomic E-state index is 12.1. The maximum atomic E-state index is 12.1. The number of rotatable bonds is 6. The van der Waals surface area contributed by atoms with Crippen molar-refractivity contribution >= 4 is 39.2 Å². The highest BCUT2D eigenvalue weighted by molar-refractivity contribution is 7.20. The minimum atomic E-state index is -0.451. The lowest BCUT2D eigenvalue weighted by molar-refractivity contribution is -0.121. The molecule has 0 saturated carbocycles. The van der Waals surface area contributed by atoms with Gasteiger partial charge in [-0.25, -0.2) is 14.8 Å².